The lowest BCUT2D eigenvalue weighted by atomic mass is 9.80. The molecule has 0 aromatic heterocycles. The SMILES string of the molecule is CCOC(=O)Oc1cccc([C@H](OC(=O)OCC)[C@](C)(NN)C(=O)C[C@](C)(NN)C(=O)OCOC(=O)C(C)C)c1. The van der Waals surface area contributed by atoms with Crippen LogP contribution in [0.15, 0.2) is 24.3 Å². The van der Waals surface area contributed by atoms with Crippen molar-refractivity contribution in [1.29, 1.82) is 0 Å². The topological polar surface area (TPSA) is 217 Å². The van der Waals surface area contributed by atoms with Crippen LogP contribution in [0.2, 0.25) is 0 Å². The molecule has 15 heteroatoms. The number of carbonyl (C=O) groups is 5. The fourth-order valence-corrected chi connectivity index (χ4v) is 3.21. The minimum atomic E-state index is -1.89. The molecule has 0 spiro atoms. The zero-order valence-corrected chi connectivity index (χ0v) is 23.4. The average Bonchev–Trinajstić information content (AvgIpc) is 2.91. The van der Waals surface area contributed by atoms with Gasteiger partial charge in [0.05, 0.1) is 19.1 Å². The molecule has 0 unspecified atom stereocenters. The van der Waals surface area contributed by atoms with Gasteiger partial charge >= 0.3 is 24.2 Å². The molecule has 15 nitrogen and oxygen atoms in total. The first-order valence-electron chi connectivity index (χ1n) is 12.4. The summed E-state index contributed by atoms with van der Waals surface area (Å²) in [6.07, 6.45) is -4.17. The summed E-state index contributed by atoms with van der Waals surface area (Å²) in [6, 6.07) is 5.74. The van der Waals surface area contributed by atoms with Gasteiger partial charge in [0.25, 0.3) is 0 Å². The van der Waals surface area contributed by atoms with Crippen molar-refractivity contribution in [3.05, 3.63) is 29.8 Å². The van der Waals surface area contributed by atoms with E-state index in [2.05, 4.69) is 10.9 Å². The van der Waals surface area contributed by atoms with Gasteiger partial charge in [-0.15, -0.1) is 0 Å². The van der Waals surface area contributed by atoms with Crippen molar-refractivity contribution in [2.24, 2.45) is 17.6 Å². The van der Waals surface area contributed by atoms with E-state index < -0.39 is 66.3 Å². The molecule has 1 aromatic rings. The number of benzene rings is 1. The van der Waals surface area contributed by atoms with Crippen LogP contribution in [0.5, 0.6) is 5.75 Å². The highest BCUT2D eigenvalue weighted by atomic mass is 16.7. The number of rotatable bonds is 15. The normalized spacial score (nSPS) is 14.6. The van der Waals surface area contributed by atoms with Crippen molar-refractivity contribution in [3.63, 3.8) is 0 Å². The molecule has 0 saturated carbocycles. The van der Waals surface area contributed by atoms with Gasteiger partial charge in [-0.1, -0.05) is 26.0 Å². The fraction of sp³-hybridized carbons (Fsp3) is 0.560. The van der Waals surface area contributed by atoms with E-state index >= 15 is 0 Å². The summed E-state index contributed by atoms with van der Waals surface area (Å²) in [4.78, 5) is 62.2. The molecule has 6 N–H and O–H groups in total. The van der Waals surface area contributed by atoms with E-state index in [0.29, 0.717) is 0 Å². The summed E-state index contributed by atoms with van der Waals surface area (Å²) in [5.74, 6) is 8.60. The van der Waals surface area contributed by atoms with Crippen molar-refractivity contribution in [1.82, 2.24) is 10.9 Å². The summed E-state index contributed by atoms with van der Waals surface area (Å²) in [5, 5.41) is 0. The van der Waals surface area contributed by atoms with Gasteiger partial charge in [-0.2, -0.15) is 0 Å². The highest BCUT2D eigenvalue weighted by Crippen LogP contribution is 2.34. The Morgan fingerprint density at radius 3 is 2.08 bits per heavy atom. The summed E-state index contributed by atoms with van der Waals surface area (Å²) in [6.45, 7) is 8.31. The van der Waals surface area contributed by atoms with Crippen LogP contribution in [0.4, 0.5) is 9.59 Å². The maximum atomic E-state index is 13.7. The van der Waals surface area contributed by atoms with E-state index in [1.165, 1.54) is 38.1 Å². The highest BCUT2D eigenvalue weighted by molar-refractivity contribution is 5.95. The third-order valence-corrected chi connectivity index (χ3v) is 5.65. The Kier molecular flexibility index (Phi) is 13.4. The zero-order chi connectivity index (χ0) is 30.5. The van der Waals surface area contributed by atoms with E-state index in [9.17, 15) is 24.0 Å². The number of nitrogens with one attached hydrogen (secondary N) is 2. The minimum Gasteiger partial charge on any atom is -0.435 e. The lowest BCUT2D eigenvalue weighted by Gasteiger charge is -2.37. The van der Waals surface area contributed by atoms with E-state index in [4.69, 9.17) is 40.1 Å². The first-order chi connectivity index (χ1) is 18.8. The molecule has 0 heterocycles. The molecule has 40 heavy (non-hydrogen) atoms. The molecule has 224 valence electrons. The standard InChI is InChI=1S/C25H38N4O11/c1-7-35-22(33)39-17-11-9-10-16(12-17)19(40-23(34)36-8-2)25(6,29-27)18(30)13-24(5,28-26)21(32)38-14-37-20(31)15(3)4/h9-12,15,19,28-29H,7-8,13-14,26-27H2,1-6H3/t19-,24-,25+/m0/s1. The molecule has 0 bridgehead atoms. The molecule has 0 amide bonds. The molecule has 0 aliphatic rings. The van der Waals surface area contributed by atoms with Gasteiger partial charge in [0.2, 0.25) is 6.79 Å². The Bertz CT molecular complexity index is 1050. The smallest absolute Gasteiger partial charge is 0.435 e. The Morgan fingerprint density at radius 1 is 0.900 bits per heavy atom. The van der Waals surface area contributed by atoms with Crippen LogP contribution in [0, 0.1) is 5.92 Å². The van der Waals surface area contributed by atoms with Crippen LogP contribution in [-0.2, 0) is 38.1 Å². The first kappa shape index (κ1) is 34.2. The predicted molar refractivity (Wildman–Crippen MR) is 138 cm³/mol. The lowest BCUT2D eigenvalue weighted by Crippen LogP contribution is -2.62. The molecule has 0 aliphatic heterocycles. The first-order valence-corrected chi connectivity index (χ1v) is 12.4. The third-order valence-electron chi connectivity index (χ3n) is 5.65. The Morgan fingerprint density at radius 2 is 1.52 bits per heavy atom. The van der Waals surface area contributed by atoms with E-state index in [-0.39, 0.29) is 24.5 Å². The second kappa shape index (κ2) is 15.7. The fourth-order valence-electron chi connectivity index (χ4n) is 3.21. The van der Waals surface area contributed by atoms with Crippen LogP contribution in [-0.4, -0.2) is 61.1 Å². The Balaban J connectivity index is 3.33. The Hall–Kier alpha value is -3.79. The summed E-state index contributed by atoms with van der Waals surface area (Å²) >= 11 is 0. The second-order valence-electron chi connectivity index (χ2n) is 9.13. The number of esters is 2. The highest BCUT2D eigenvalue weighted by Gasteiger charge is 2.48. The van der Waals surface area contributed by atoms with Crippen LogP contribution >= 0.6 is 0 Å². The number of hydrogen-bond donors (Lipinski definition) is 4. The number of nitrogens with two attached hydrogens (primary N) is 2. The molecular formula is C25H38N4O11. The Labute approximate surface area is 232 Å². The van der Waals surface area contributed by atoms with Gasteiger partial charge in [-0.25, -0.2) is 25.2 Å². The van der Waals surface area contributed by atoms with Gasteiger partial charge in [0.1, 0.15) is 16.8 Å². The van der Waals surface area contributed by atoms with Gasteiger partial charge in [0, 0.05) is 6.42 Å². The van der Waals surface area contributed by atoms with Crippen molar-refractivity contribution in [3.8, 4) is 5.75 Å². The molecule has 1 rings (SSSR count). The third kappa shape index (κ3) is 9.44. The van der Waals surface area contributed by atoms with Crippen LogP contribution < -0.4 is 27.3 Å². The number of Topliss-reactive ketones (excluding diaryl/α,β-unsaturated/α-hetero) is 1. The van der Waals surface area contributed by atoms with E-state index in [0.717, 1.165) is 0 Å². The van der Waals surface area contributed by atoms with Crippen LogP contribution in [0.1, 0.15) is 59.6 Å². The molecule has 3 atom stereocenters. The van der Waals surface area contributed by atoms with Crippen molar-refractivity contribution < 1.29 is 52.4 Å². The lowest BCUT2D eigenvalue weighted by molar-refractivity contribution is -0.174. The predicted octanol–water partition coefficient (Wildman–Crippen LogP) is 1.54. The number of ketones is 1. The molecule has 0 radical (unpaired) electrons. The van der Waals surface area contributed by atoms with E-state index in [1.807, 2.05) is 0 Å². The summed E-state index contributed by atoms with van der Waals surface area (Å²) in [7, 11) is 0. The van der Waals surface area contributed by atoms with Crippen LogP contribution in [0.25, 0.3) is 0 Å². The minimum absolute atomic E-state index is 0.0215. The van der Waals surface area contributed by atoms with Gasteiger partial charge < -0.3 is 28.4 Å². The molecule has 1 aromatic carbocycles. The van der Waals surface area contributed by atoms with Gasteiger partial charge in [-0.05, 0) is 45.4 Å². The van der Waals surface area contributed by atoms with E-state index in [1.54, 1.807) is 27.7 Å². The molecule has 0 aliphatic carbocycles. The van der Waals surface area contributed by atoms with Crippen molar-refractivity contribution in [2.45, 2.75) is 65.1 Å². The summed E-state index contributed by atoms with van der Waals surface area (Å²) in [5.41, 5.74) is 1.06. The van der Waals surface area contributed by atoms with Crippen LogP contribution in [0.3, 0.4) is 0 Å². The van der Waals surface area contributed by atoms with Gasteiger partial charge in [-0.3, -0.25) is 21.3 Å². The summed E-state index contributed by atoms with van der Waals surface area (Å²) < 4.78 is 30.1. The van der Waals surface area contributed by atoms with Gasteiger partial charge in [0.15, 0.2) is 11.9 Å². The largest absolute Gasteiger partial charge is 0.513 e. The molecular weight excluding hydrogens is 532 g/mol. The monoisotopic (exact) mass is 570 g/mol. The number of carbonyl (C=O) groups excluding carboxylic acids is 5. The number of hydrogen-bond acceptors (Lipinski definition) is 15. The van der Waals surface area contributed by atoms with Crippen molar-refractivity contribution in [2.75, 3.05) is 20.0 Å². The number of hydrazine groups is 2. The average molecular weight is 571 g/mol. The maximum absolute atomic E-state index is 13.7. The number of ether oxygens (including phenoxy) is 6. The second-order valence-corrected chi connectivity index (χ2v) is 9.13. The quantitative estimate of drug-likeness (QED) is 0.0587. The zero-order valence-electron chi connectivity index (χ0n) is 23.4. The van der Waals surface area contributed by atoms with Crippen molar-refractivity contribution >= 4 is 30.0 Å². The molecule has 0 saturated heterocycles. The molecule has 0 fully saturated rings. The maximum Gasteiger partial charge on any atom is 0.513 e.